The number of aromatic nitrogens is 2. The van der Waals surface area contributed by atoms with E-state index in [2.05, 4.69) is 12.0 Å². The van der Waals surface area contributed by atoms with Gasteiger partial charge in [-0.25, -0.2) is 0 Å². The van der Waals surface area contributed by atoms with Gasteiger partial charge in [-0.05, 0) is 37.1 Å². The van der Waals surface area contributed by atoms with Gasteiger partial charge in [0.15, 0.2) is 11.5 Å². The van der Waals surface area contributed by atoms with Gasteiger partial charge in [0.25, 0.3) is 0 Å². The molecule has 0 spiro atoms. The topological polar surface area (TPSA) is 62.3 Å². The summed E-state index contributed by atoms with van der Waals surface area (Å²) in [6, 6.07) is 7.75. The monoisotopic (exact) mass is 275 g/mol. The Balaban J connectivity index is 2.17. The van der Waals surface area contributed by atoms with Crippen LogP contribution in [0.1, 0.15) is 24.2 Å². The Labute approximate surface area is 119 Å². The minimum absolute atomic E-state index is 0.0875. The molecule has 5 nitrogen and oxygen atoms in total. The zero-order chi connectivity index (χ0) is 14.5. The molecule has 1 heterocycles. The van der Waals surface area contributed by atoms with Crippen LogP contribution in [-0.2, 0) is 13.0 Å². The summed E-state index contributed by atoms with van der Waals surface area (Å²) < 4.78 is 12.5. The molecule has 0 amide bonds. The van der Waals surface area contributed by atoms with Crippen molar-refractivity contribution in [1.82, 2.24) is 9.78 Å². The van der Waals surface area contributed by atoms with E-state index >= 15 is 0 Å². The van der Waals surface area contributed by atoms with Gasteiger partial charge in [0.1, 0.15) is 0 Å². The van der Waals surface area contributed by atoms with Crippen LogP contribution in [0.3, 0.4) is 0 Å². The molecule has 0 bridgehead atoms. The van der Waals surface area contributed by atoms with Crippen LogP contribution in [0.2, 0.25) is 0 Å². The largest absolute Gasteiger partial charge is 0.493 e. The van der Waals surface area contributed by atoms with Crippen molar-refractivity contribution in [2.24, 2.45) is 5.73 Å². The second-order valence-corrected chi connectivity index (χ2v) is 4.57. The molecule has 0 saturated heterocycles. The van der Waals surface area contributed by atoms with Crippen molar-refractivity contribution in [3.63, 3.8) is 0 Å². The maximum Gasteiger partial charge on any atom is 0.160 e. The first kappa shape index (κ1) is 14.4. The van der Waals surface area contributed by atoms with Crippen LogP contribution in [0.15, 0.2) is 30.5 Å². The van der Waals surface area contributed by atoms with Crippen LogP contribution in [-0.4, -0.2) is 24.0 Å². The summed E-state index contributed by atoms with van der Waals surface area (Å²) in [6.45, 7) is 2.88. The summed E-state index contributed by atoms with van der Waals surface area (Å²) in [4.78, 5) is 0. The number of methoxy groups -OCH3 is 2. The lowest BCUT2D eigenvalue weighted by Crippen LogP contribution is -2.18. The Morgan fingerprint density at radius 1 is 1.20 bits per heavy atom. The first-order valence-electron chi connectivity index (χ1n) is 6.67. The van der Waals surface area contributed by atoms with Crippen LogP contribution in [0.25, 0.3) is 0 Å². The third-order valence-electron chi connectivity index (χ3n) is 3.33. The molecule has 1 atom stereocenters. The third kappa shape index (κ3) is 2.93. The van der Waals surface area contributed by atoms with Crippen molar-refractivity contribution in [2.45, 2.75) is 25.9 Å². The molecule has 1 aromatic carbocycles. The predicted molar refractivity (Wildman–Crippen MR) is 78.1 cm³/mol. The summed E-state index contributed by atoms with van der Waals surface area (Å²) in [6.07, 6.45) is 2.51. The fourth-order valence-electron chi connectivity index (χ4n) is 2.29. The van der Waals surface area contributed by atoms with Gasteiger partial charge in [-0.15, -0.1) is 0 Å². The number of nitrogens with zero attached hydrogens (tertiary/aromatic N) is 2. The zero-order valence-corrected chi connectivity index (χ0v) is 12.2. The van der Waals surface area contributed by atoms with Crippen molar-refractivity contribution in [3.8, 4) is 11.5 Å². The van der Waals surface area contributed by atoms with Crippen LogP contribution in [0.5, 0.6) is 11.5 Å². The molecular formula is C15H21N3O2. The smallest absolute Gasteiger partial charge is 0.160 e. The van der Waals surface area contributed by atoms with Gasteiger partial charge in [0.05, 0.1) is 26.0 Å². The lowest BCUT2D eigenvalue weighted by atomic mass is 10.0. The average molecular weight is 275 g/mol. The normalized spacial score (nSPS) is 12.2. The maximum absolute atomic E-state index is 6.28. The summed E-state index contributed by atoms with van der Waals surface area (Å²) in [7, 11) is 3.26. The van der Waals surface area contributed by atoms with Gasteiger partial charge in [-0.1, -0.05) is 6.07 Å². The lowest BCUT2D eigenvalue weighted by molar-refractivity contribution is 0.354. The summed E-state index contributed by atoms with van der Waals surface area (Å²) in [5.41, 5.74) is 8.43. The highest BCUT2D eigenvalue weighted by Gasteiger charge is 2.13. The van der Waals surface area contributed by atoms with Crippen molar-refractivity contribution >= 4 is 0 Å². The number of hydrogen-bond acceptors (Lipinski definition) is 4. The van der Waals surface area contributed by atoms with Crippen molar-refractivity contribution in [2.75, 3.05) is 14.2 Å². The number of benzene rings is 1. The average Bonchev–Trinajstić information content (AvgIpc) is 2.95. The summed E-state index contributed by atoms with van der Waals surface area (Å²) >= 11 is 0. The van der Waals surface area contributed by atoms with E-state index in [1.807, 2.05) is 28.9 Å². The van der Waals surface area contributed by atoms with E-state index in [4.69, 9.17) is 15.2 Å². The Hall–Kier alpha value is -2.01. The lowest BCUT2D eigenvalue weighted by Gasteiger charge is -2.15. The van der Waals surface area contributed by atoms with Gasteiger partial charge >= 0.3 is 0 Å². The van der Waals surface area contributed by atoms with Crippen LogP contribution in [0.4, 0.5) is 0 Å². The number of ether oxygens (including phenoxy) is 2. The molecule has 1 aromatic heterocycles. The molecule has 0 aliphatic carbocycles. The van der Waals surface area contributed by atoms with E-state index < -0.39 is 0 Å². The Morgan fingerprint density at radius 2 is 1.95 bits per heavy atom. The van der Waals surface area contributed by atoms with Crippen LogP contribution < -0.4 is 15.2 Å². The SMILES string of the molecule is CCn1nccc1C(N)Cc1ccc(OC)c(OC)c1. The van der Waals surface area contributed by atoms with Gasteiger partial charge in [0, 0.05) is 12.7 Å². The Morgan fingerprint density at radius 3 is 2.60 bits per heavy atom. The number of aryl methyl sites for hydroxylation is 1. The van der Waals surface area contributed by atoms with Gasteiger partial charge < -0.3 is 15.2 Å². The molecule has 108 valence electrons. The molecule has 1 unspecified atom stereocenters. The molecule has 0 saturated carbocycles. The number of hydrogen-bond donors (Lipinski definition) is 1. The second-order valence-electron chi connectivity index (χ2n) is 4.57. The number of nitrogens with two attached hydrogens (primary N) is 1. The minimum atomic E-state index is -0.0875. The second kappa shape index (κ2) is 6.43. The van der Waals surface area contributed by atoms with Crippen LogP contribution >= 0.6 is 0 Å². The molecule has 0 aliphatic rings. The predicted octanol–water partition coefficient (Wildman–Crippen LogP) is 2.16. The Bertz CT molecular complexity index is 566. The van der Waals surface area contributed by atoms with Crippen molar-refractivity contribution < 1.29 is 9.47 Å². The molecular weight excluding hydrogens is 254 g/mol. The van der Waals surface area contributed by atoms with E-state index in [1.54, 1.807) is 20.4 Å². The molecule has 0 fully saturated rings. The summed E-state index contributed by atoms with van der Waals surface area (Å²) in [5, 5.41) is 4.25. The first-order valence-corrected chi connectivity index (χ1v) is 6.67. The fraction of sp³-hybridized carbons (Fsp3) is 0.400. The van der Waals surface area contributed by atoms with E-state index in [0.29, 0.717) is 0 Å². The third-order valence-corrected chi connectivity index (χ3v) is 3.33. The molecule has 2 aromatic rings. The maximum atomic E-state index is 6.28. The van der Waals surface area contributed by atoms with Crippen molar-refractivity contribution in [3.05, 3.63) is 41.7 Å². The summed E-state index contributed by atoms with van der Waals surface area (Å²) in [5.74, 6) is 1.45. The fourth-order valence-corrected chi connectivity index (χ4v) is 2.29. The Kier molecular flexibility index (Phi) is 4.63. The van der Waals surface area contributed by atoms with Crippen LogP contribution in [0, 0.1) is 0 Å². The highest BCUT2D eigenvalue weighted by atomic mass is 16.5. The van der Waals surface area contributed by atoms with Gasteiger partial charge in [-0.2, -0.15) is 5.10 Å². The first-order chi connectivity index (χ1) is 9.69. The molecule has 2 N–H and O–H groups in total. The van der Waals surface area contributed by atoms with E-state index in [0.717, 1.165) is 35.7 Å². The van der Waals surface area contributed by atoms with Crippen molar-refractivity contribution in [1.29, 1.82) is 0 Å². The zero-order valence-electron chi connectivity index (χ0n) is 12.2. The number of rotatable bonds is 6. The molecule has 20 heavy (non-hydrogen) atoms. The van der Waals surface area contributed by atoms with E-state index in [-0.39, 0.29) is 6.04 Å². The minimum Gasteiger partial charge on any atom is -0.493 e. The highest BCUT2D eigenvalue weighted by molar-refractivity contribution is 5.43. The molecule has 5 heteroatoms. The molecule has 0 radical (unpaired) electrons. The quantitative estimate of drug-likeness (QED) is 0.877. The molecule has 2 rings (SSSR count). The highest BCUT2D eigenvalue weighted by Crippen LogP contribution is 2.29. The molecule has 0 aliphatic heterocycles. The standard InChI is InChI=1S/C15H21N3O2/c1-4-18-13(7-8-17-18)12(16)9-11-5-6-14(19-2)15(10-11)20-3/h5-8,10,12H,4,9,16H2,1-3H3. The van der Waals surface area contributed by atoms with E-state index in [1.165, 1.54) is 0 Å². The van der Waals surface area contributed by atoms with E-state index in [9.17, 15) is 0 Å². The van der Waals surface area contributed by atoms with Gasteiger partial charge in [0.2, 0.25) is 0 Å². The van der Waals surface area contributed by atoms with Gasteiger partial charge in [-0.3, -0.25) is 4.68 Å².